The molecule has 10 heteroatoms. The van der Waals surface area contributed by atoms with Crippen molar-refractivity contribution in [3.63, 3.8) is 0 Å². The molecule has 0 aromatic heterocycles. The molecule has 1 fully saturated rings. The summed E-state index contributed by atoms with van der Waals surface area (Å²) in [5, 5.41) is 6.92. The third-order valence-electron chi connectivity index (χ3n) is 4.34. The van der Waals surface area contributed by atoms with Gasteiger partial charge in [0.25, 0.3) is 11.8 Å². The Morgan fingerprint density at radius 3 is 2.52 bits per heavy atom. The van der Waals surface area contributed by atoms with Crippen LogP contribution in [0.4, 0.5) is 9.59 Å². The Morgan fingerprint density at radius 2 is 1.86 bits per heavy atom. The number of hydrogen-bond acceptors (Lipinski definition) is 6. The third kappa shape index (κ3) is 6.03. The quantitative estimate of drug-likeness (QED) is 0.422. The van der Waals surface area contributed by atoms with Gasteiger partial charge in [0.2, 0.25) is 0 Å². The molecule has 6 amide bonds. The Morgan fingerprint density at radius 1 is 1.17 bits per heavy atom. The predicted molar refractivity (Wildman–Crippen MR) is 102 cm³/mol. The summed E-state index contributed by atoms with van der Waals surface area (Å²) in [7, 11) is 0. The molecular formula is C19H24N4O6. The fraction of sp³-hybridized carbons (Fsp3) is 0.421. The minimum absolute atomic E-state index is 0.328. The lowest BCUT2D eigenvalue weighted by molar-refractivity contribution is -0.150. The number of carbonyl (C=O) groups excluding carboxylic acids is 5. The molecule has 1 saturated heterocycles. The van der Waals surface area contributed by atoms with Crippen LogP contribution in [0.15, 0.2) is 30.3 Å². The van der Waals surface area contributed by atoms with E-state index in [1.165, 1.54) is 0 Å². The number of hydrogen-bond donors (Lipinski definition) is 3. The number of benzene rings is 1. The van der Waals surface area contributed by atoms with Gasteiger partial charge in [-0.05, 0) is 32.3 Å². The Bertz CT molecular complexity index is 797. The Balaban J connectivity index is 1.85. The maximum atomic E-state index is 12.7. The highest BCUT2D eigenvalue weighted by atomic mass is 16.5. The Kier molecular flexibility index (Phi) is 7.29. The van der Waals surface area contributed by atoms with Gasteiger partial charge in [-0.1, -0.05) is 30.3 Å². The number of carbonyl (C=O) groups is 5. The van der Waals surface area contributed by atoms with Gasteiger partial charge in [0.05, 0.1) is 0 Å². The highest BCUT2D eigenvalue weighted by Crippen LogP contribution is 2.23. The van der Waals surface area contributed by atoms with Gasteiger partial charge in [0, 0.05) is 6.54 Å². The van der Waals surface area contributed by atoms with Gasteiger partial charge in [-0.3, -0.25) is 24.6 Å². The highest BCUT2D eigenvalue weighted by molar-refractivity contribution is 6.08. The van der Waals surface area contributed by atoms with Crippen molar-refractivity contribution in [1.82, 2.24) is 20.9 Å². The molecule has 1 aliphatic heterocycles. The Labute approximate surface area is 168 Å². The van der Waals surface area contributed by atoms with Crippen molar-refractivity contribution in [1.29, 1.82) is 0 Å². The van der Waals surface area contributed by atoms with E-state index in [-0.39, 0.29) is 0 Å². The summed E-state index contributed by atoms with van der Waals surface area (Å²) in [6, 6.07) is 8.09. The van der Waals surface area contributed by atoms with Crippen molar-refractivity contribution in [3.05, 3.63) is 35.9 Å². The van der Waals surface area contributed by atoms with Gasteiger partial charge in [-0.15, -0.1) is 0 Å². The van der Waals surface area contributed by atoms with Crippen LogP contribution in [0.2, 0.25) is 0 Å². The molecule has 1 aromatic rings. The van der Waals surface area contributed by atoms with E-state index in [1.54, 1.807) is 13.8 Å². The number of nitrogens with zero attached hydrogens (tertiary/aromatic N) is 1. The van der Waals surface area contributed by atoms with Gasteiger partial charge in [0.1, 0.15) is 12.1 Å². The van der Waals surface area contributed by atoms with E-state index in [0.717, 1.165) is 10.5 Å². The normalized spacial score (nSPS) is 18.2. The van der Waals surface area contributed by atoms with Crippen molar-refractivity contribution < 1.29 is 28.7 Å². The lowest BCUT2D eigenvalue weighted by atomic mass is 9.93. The second kappa shape index (κ2) is 9.67. The number of amides is 6. The van der Waals surface area contributed by atoms with Crippen LogP contribution in [-0.4, -0.2) is 60.0 Å². The number of aryl methyl sites for hydroxylation is 1. The monoisotopic (exact) mass is 404 g/mol. The van der Waals surface area contributed by atoms with E-state index < -0.39 is 48.5 Å². The molecule has 1 atom stereocenters. The molecule has 10 nitrogen and oxygen atoms in total. The van der Waals surface area contributed by atoms with E-state index in [9.17, 15) is 24.0 Å². The number of urea groups is 2. The van der Waals surface area contributed by atoms with E-state index in [1.807, 2.05) is 35.6 Å². The van der Waals surface area contributed by atoms with Crippen molar-refractivity contribution in [3.8, 4) is 0 Å². The van der Waals surface area contributed by atoms with Crippen LogP contribution >= 0.6 is 0 Å². The number of nitrogens with one attached hydrogen (secondary N) is 3. The molecule has 3 N–H and O–H groups in total. The SMILES string of the molecule is CCNC(=O)NC(=O)COC(=O)CN1C(=O)N[C@@](C)(CCc2ccccc2)C1=O. The standard InChI is InChI=1S/C19H24N4O6/c1-3-20-17(27)21-14(24)12-29-15(25)11-23-16(26)19(2,22-18(23)28)10-9-13-7-5-4-6-8-13/h4-8H,3,9-12H2,1-2H3,(H,22,28)(H2,20,21,24,27)/t19-/m0/s1. The molecule has 2 rings (SSSR count). The van der Waals surface area contributed by atoms with Crippen LogP contribution in [-0.2, 0) is 25.5 Å². The second-order valence-corrected chi connectivity index (χ2v) is 6.71. The first kappa shape index (κ1) is 21.9. The van der Waals surface area contributed by atoms with Crippen molar-refractivity contribution in [2.45, 2.75) is 32.2 Å². The van der Waals surface area contributed by atoms with Gasteiger partial charge < -0.3 is 15.4 Å². The molecule has 1 aromatic carbocycles. The van der Waals surface area contributed by atoms with E-state index in [4.69, 9.17) is 4.74 Å². The molecule has 0 saturated carbocycles. The highest BCUT2D eigenvalue weighted by Gasteiger charge is 2.48. The van der Waals surface area contributed by atoms with Crippen LogP contribution in [0.5, 0.6) is 0 Å². The van der Waals surface area contributed by atoms with Crippen LogP contribution in [0, 0.1) is 0 Å². The minimum Gasteiger partial charge on any atom is -0.454 e. The van der Waals surface area contributed by atoms with Gasteiger partial charge >= 0.3 is 18.0 Å². The smallest absolute Gasteiger partial charge is 0.326 e. The minimum atomic E-state index is -1.14. The zero-order chi connectivity index (χ0) is 21.4. The molecule has 0 spiro atoms. The van der Waals surface area contributed by atoms with Gasteiger partial charge in [-0.2, -0.15) is 0 Å². The number of rotatable bonds is 8. The molecule has 156 valence electrons. The van der Waals surface area contributed by atoms with Crippen LogP contribution in [0.25, 0.3) is 0 Å². The second-order valence-electron chi connectivity index (χ2n) is 6.71. The molecule has 1 aliphatic rings. The first-order valence-corrected chi connectivity index (χ1v) is 9.16. The zero-order valence-corrected chi connectivity index (χ0v) is 16.3. The molecular weight excluding hydrogens is 380 g/mol. The van der Waals surface area contributed by atoms with E-state index in [0.29, 0.717) is 19.4 Å². The lowest BCUT2D eigenvalue weighted by Crippen LogP contribution is -2.45. The number of imide groups is 2. The molecule has 0 aliphatic carbocycles. The molecule has 0 radical (unpaired) electrons. The molecule has 1 heterocycles. The lowest BCUT2D eigenvalue weighted by Gasteiger charge is -2.21. The summed E-state index contributed by atoms with van der Waals surface area (Å²) in [6.07, 6.45) is 0.934. The Hall–Kier alpha value is -3.43. The predicted octanol–water partition coefficient (Wildman–Crippen LogP) is 0.319. The molecule has 29 heavy (non-hydrogen) atoms. The summed E-state index contributed by atoms with van der Waals surface area (Å²) >= 11 is 0. The third-order valence-corrected chi connectivity index (χ3v) is 4.34. The van der Waals surface area contributed by atoms with Gasteiger partial charge in [0.15, 0.2) is 6.61 Å². The summed E-state index contributed by atoms with van der Waals surface area (Å²) in [6.45, 7) is 2.27. The maximum absolute atomic E-state index is 12.7. The first-order chi connectivity index (χ1) is 13.7. The van der Waals surface area contributed by atoms with Crippen LogP contribution in [0.1, 0.15) is 25.8 Å². The summed E-state index contributed by atoms with van der Waals surface area (Å²) in [5.41, 5.74) is -0.116. The maximum Gasteiger partial charge on any atom is 0.326 e. The summed E-state index contributed by atoms with van der Waals surface area (Å²) < 4.78 is 4.73. The molecule has 0 bridgehead atoms. The summed E-state index contributed by atoms with van der Waals surface area (Å²) in [5.74, 6) is -2.30. The molecule has 0 unspecified atom stereocenters. The fourth-order valence-electron chi connectivity index (χ4n) is 2.79. The van der Waals surface area contributed by atoms with E-state index in [2.05, 4.69) is 10.6 Å². The largest absolute Gasteiger partial charge is 0.454 e. The number of esters is 1. The van der Waals surface area contributed by atoms with Crippen molar-refractivity contribution in [2.75, 3.05) is 19.7 Å². The fourth-order valence-corrected chi connectivity index (χ4v) is 2.79. The zero-order valence-electron chi connectivity index (χ0n) is 16.3. The number of ether oxygens (including phenoxy) is 1. The summed E-state index contributed by atoms with van der Waals surface area (Å²) in [4.78, 5) is 60.2. The first-order valence-electron chi connectivity index (χ1n) is 9.16. The van der Waals surface area contributed by atoms with Gasteiger partial charge in [-0.25, -0.2) is 9.59 Å². The average molecular weight is 404 g/mol. The van der Waals surface area contributed by atoms with Crippen LogP contribution < -0.4 is 16.0 Å². The average Bonchev–Trinajstić information content (AvgIpc) is 2.89. The van der Waals surface area contributed by atoms with E-state index >= 15 is 0 Å². The van der Waals surface area contributed by atoms with Crippen LogP contribution in [0.3, 0.4) is 0 Å². The van der Waals surface area contributed by atoms with Crippen molar-refractivity contribution in [2.24, 2.45) is 0 Å². The van der Waals surface area contributed by atoms with Crippen molar-refractivity contribution >= 4 is 29.8 Å². The topological polar surface area (TPSA) is 134 Å².